The van der Waals surface area contributed by atoms with Gasteiger partial charge in [0.2, 0.25) is 0 Å². The molecular weight excluding hydrogens is 419 g/mol. The van der Waals surface area contributed by atoms with Crippen molar-refractivity contribution in [3.8, 4) is 5.69 Å². The van der Waals surface area contributed by atoms with Gasteiger partial charge in [-0.05, 0) is 46.7 Å². The minimum absolute atomic E-state index is 0.0516. The van der Waals surface area contributed by atoms with Gasteiger partial charge in [0.25, 0.3) is 5.56 Å². The lowest BCUT2D eigenvalue weighted by atomic mass is 9.87. The largest absolute Gasteiger partial charge is 0.337 e. The summed E-state index contributed by atoms with van der Waals surface area (Å²) in [5.74, 6) is -0.307. The monoisotopic (exact) mass is 448 g/mol. The summed E-state index contributed by atoms with van der Waals surface area (Å²) in [6.45, 7) is 11.1. The maximum Gasteiger partial charge on any atom is 0.337 e. The van der Waals surface area contributed by atoms with Crippen LogP contribution in [0.25, 0.3) is 16.9 Å². The lowest BCUT2D eigenvalue weighted by Gasteiger charge is -2.19. The number of benzene rings is 2. The number of aromatic nitrogens is 4. The van der Waals surface area contributed by atoms with Gasteiger partial charge in [-0.25, -0.2) is 18.7 Å². The van der Waals surface area contributed by atoms with Crippen LogP contribution in [-0.2, 0) is 18.5 Å². The molecule has 0 amide bonds. The summed E-state index contributed by atoms with van der Waals surface area (Å²) in [7, 11) is 0. The molecule has 4 aromatic rings. The lowest BCUT2D eigenvalue weighted by molar-refractivity contribution is 0.489. The quantitative estimate of drug-likeness (QED) is 0.452. The summed E-state index contributed by atoms with van der Waals surface area (Å²) in [5, 5.41) is 0. The number of imidazole rings is 1. The average molecular weight is 449 g/mol. The maximum atomic E-state index is 13.5. The molecule has 0 radical (unpaired) electrons. The van der Waals surface area contributed by atoms with Crippen molar-refractivity contribution in [1.29, 1.82) is 0 Å². The molecule has 2 aromatic carbocycles. The first kappa shape index (κ1) is 22.7. The van der Waals surface area contributed by atoms with E-state index in [0.717, 1.165) is 5.56 Å². The highest BCUT2D eigenvalue weighted by atomic mass is 19.1. The zero-order chi connectivity index (χ0) is 23.9. The summed E-state index contributed by atoms with van der Waals surface area (Å²) < 4.78 is 17.9. The number of fused-ring (bicyclic) bond motifs is 1. The Morgan fingerprint density at radius 1 is 0.970 bits per heavy atom. The third-order valence-corrected chi connectivity index (χ3v) is 5.71. The van der Waals surface area contributed by atoms with Crippen molar-refractivity contribution >= 4 is 11.2 Å². The molecule has 0 aliphatic heterocycles. The summed E-state index contributed by atoms with van der Waals surface area (Å²) in [5.41, 5.74) is 2.53. The van der Waals surface area contributed by atoms with Crippen molar-refractivity contribution in [2.45, 2.75) is 53.1 Å². The molecule has 2 heterocycles. The first-order chi connectivity index (χ1) is 15.6. The molecule has 0 aliphatic rings. The lowest BCUT2D eigenvalue weighted by Crippen LogP contribution is -2.41. The molecule has 0 atom stereocenters. The number of nitrogens with zero attached hydrogens (tertiary/aromatic N) is 4. The van der Waals surface area contributed by atoms with Crippen molar-refractivity contribution in [3.05, 3.63) is 92.6 Å². The van der Waals surface area contributed by atoms with Crippen molar-refractivity contribution in [3.63, 3.8) is 0 Å². The van der Waals surface area contributed by atoms with Crippen LogP contribution in [0.15, 0.2) is 64.4 Å². The Kier molecular flexibility index (Phi) is 5.82. The van der Waals surface area contributed by atoms with Crippen LogP contribution in [0.2, 0.25) is 0 Å². The second kappa shape index (κ2) is 8.46. The van der Waals surface area contributed by atoms with Gasteiger partial charge >= 0.3 is 5.69 Å². The topological polar surface area (TPSA) is 61.8 Å². The van der Waals surface area contributed by atoms with E-state index < -0.39 is 11.5 Å². The van der Waals surface area contributed by atoms with Gasteiger partial charge in [0, 0.05) is 13.1 Å². The van der Waals surface area contributed by atoms with E-state index in [1.54, 1.807) is 10.9 Å². The molecule has 0 fully saturated rings. The van der Waals surface area contributed by atoms with Gasteiger partial charge in [0.1, 0.15) is 5.82 Å². The van der Waals surface area contributed by atoms with Gasteiger partial charge in [0.05, 0.1) is 12.0 Å². The van der Waals surface area contributed by atoms with Crippen LogP contribution in [0.5, 0.6) is 0 Å². The average Bonchev–Trinajstić information content (AvgIpc) is 3.15. The van der Waals surface area contributed by atoms with Crippen molar-refractivity contribution in [2.75, 3.05) is 0 Å². The number of hydrogen-bond acceptors (Lipinski definition) is 3. The Balaban J connectivity index is 1.89. The van der Waals surface area contributed by atoms with E-state index in [0.29, 0.717) is 17.7 Å². The molecule has 33 heavy (non-hydrogen) atoms. The zero-order valence-corrected chi connectivity index (χ0v) is 19.7. The fourth-order valence-corrected chi connectivity index (χ4v) is 3.96. The zero-order valence-electron chi connectivity index (χ0n) is 19.7. The smallest absolute Gasteiger partial charge is 0.320 e. The summed E-state index contributed by atoms with van der Waals surface area (Å²) in [4.78, 5) is 31.1. The first-order valence-corrected chi connectivity index (χ1v) is 11.1. The van der Waals surface area contributed by atoms with Gasteiger partial charge < -0.3 is 4.57 Å². The van der Waals surface area contributed by atoms with Crippen LogP contribution < -0.4 is 11.2 Å². The van der Waals surface area contributed by atoms with E-state index in [9.17, 15) is 14.0 Å². The van der Waals surface area contributed by atoms with Crippen molar-refractivity contribution < 1.29 is 4.39 Å². The SMILES string of the molecule is CC(C)Cn1c(=O)c2c(ncn2Cc2ccc(C(C)(C)C)cc2)n(-c2ccc(F)cc2)c1=O. The van der Waals surface area contributed by atoms with Crippen LogP contribution in [0.1, 0.15) is 45.7 Å². The van der Waals surface area contributed by atoms with E-state index >= 15 is 0 Å². The molecule has 2 aromatic heterocycles. The molecule has 0 unspecified atom stereocenters. The van der Waals surface area contributed by atoms with Crippen LogP contribution in [-0.4, -0.2) is 18.7 Å². The highest BCUT2D eigenvalue weighted by molar-refractivity contribution is 5.72. The van der Waals surface area contributed by atoms with E-state index in [1.807, 2.05) is 13.8 Å². The van der Waals surface area contributed by atoms with E-state index in [-0.39, 0.29) is 29.1 Å². The second-order valence-electron chi connectivity index (χ2n) is 9.90. The predicted octanol–water partition coefficient (Wildman–Crippen LogP) is 4.49. The number of rotatable bonds is 5. The number of halogens is 1. The maximum absolute atomic E-state index is 13.5. The molecule has 0 bridgehead atoms. The van der Waals surface area contributed by atoms with E-state index in [4.69, 9.17) is 0 Å². The van der Waals surface area contributed by atoms with Gasteiger partial charge in [-0.3, -0.25) is 9.36 Å². The minimum atomic E-state index is -0.479. The third-order valence-electron chi connectivity index (χ3n) is 5.71. The summed E-state index contributed by atoms with van der Waals surface area (Å²) >= 11 is 0. The molecule has 0 saturated carbocycles. The Labute approximate surface area is 191 Å². The van der Waals surface area contributed by atoms with Gasteiger partial charge in [-0.15, -0.1) is 0 Å². The minimum Gasteiger partial charge on any atom is -0.320 e. The third kappa shape index (κ3) is 4.40. The molecule has 0 saturated heterocycles. The highest BCUT2D eigenvalue weighted by Crippen LogP contribution is 2.23. The van der Waals surface area contributed by atoms with E-state index in [2.05, 4.69) is 50.0 Å². The molecule has 172 valence electrons. The Morgan fingerprint density at radius 2 is 1.61 bits per heavy atom. The van der Waals surface area contributed by atoms with Crippen LogP contribution in [0, 0.1) is 11.7 Å². The first-order valence-electron chi connectivity index (χ1n) is 11.1. The van der Waals surface area contributed by atoms with Gasteiger partial charge in [0.15, 0.2) is 11.2 Å². The molecule has 7 heteroatoms. The van der Waals surface area contributed by atoms with Crippen LogP contribution in [0.4, 0.5) is 4.39 Å². The van der Waals surface area contributed by atoms with Crippen LogP contribution in [0.3, 0.4) is 0 Å². The van der Waals surface area contributed by atoms with Crippen LogP contribution >= 0.6 is 0 Å². The molecule has 0 spiro atoms. The molecule has 0 N–H and O–H groups in total. The van der Waals surface area contributed by atoms with E-state index in [1.165, 1.54) is 39.0 Å². The Bertz CT molecular complexity index is 1400. The summed E-state index contributed by atoms with van der Waals surface area (Å²) in [6.07, 6.45) is 1.59. The fraction of sp³-hybridized carbons (Fsp3) is 0.346. The van der Waals surface area contributed by atoms with Gasteiger partial charge in [-0.2, -0.15) is 0 Å². The fourth-order valence-electron chi connectivity index (χ4n) is 3.96. The normalized spacial score (nSPS) is 12.1. The molecule has 6 nitrogen and oxygen atoms in total. The van der Waals surface area contributed by atoms with Crippen molar-refractivity contribution in [2.24, 2.45) is 5.92 Å². The highest BCUT2D eigenvalue weighted by Gasteiger charge is 2.20. The Hall–Kier alpha value is -3.48. The number of hydrogen-bond donors (Lipinski definition) is 0. The van der Waals surface area contributed by atoms with Gasteiger partial charge in [-0.1, -0.05) is 58.9 Å². The molecule has 4 rings (SSSR count). The second-order valence-corrected chi connectivity index (χ2v) is 9.90. The summed E-state index contributed by atoms with van der Waals surface area (Å²) in [6, 6.07) is 13.9. The standard InChI is InChI=1S/C26H29FN4O2/c1-17(2)14-30-24(32)22-23(31(25(30)33)21-12-10-20(27)11-13-21)28-16-29(22)15-18-6-8-19(9-7-18)26(3,4)5/h6-13,16-17H,14-15H2,1-5H3. The molecule has 0 aliphatic carbocycles. The molecular formula is C26H29FN4O2. The van der Waals surface area contributed by atoms with Crippen molar-refractivity contribution in [1.82, 2.24) is 18.7 Å². The predicted molar refractivity (Wildman–Crippen MR) is 129 cm³/mol. The Morgan fingerprint density at radius 3 is 2.18 bits per heavy atom.